The first kappa shape index (κ1) is 20.9. The van der Waals surface area contributed by atoms with Crippen molar-refractivity contribution < 1.29 is 14.3 Å². The van der Waals surface area contributed by atoms with E-state index in [1.165, 1.54) is 28.2 Å². The molecule has 0 spiro atoms. The molecular formula is C26H28N2O3S. The summed E-state index contributed by atoms with van der Waals surface area (Å²) in [5, 5.41) is 3.09. The third-order valence-electron chi connectivity index (χ3n) is 6.49. The molecule has 1 aliphatic heterocycles. The van der Waals surface area contributed by atoms with Crippen molar-refractivity contribution in [1.29, 1.82) is 0 Å². The van der Waals surface area contributed by atoms with Crippen molar-refractivity contribution in [2.24, 2.45) is 0 Å². The molecule has 3 aromatic rings. The van der Waals surface area contributed by atoms with E-state index in [4.69, 9.17) is 9.47 Å². The highest BCUT2D eigenvalue weighted by Gasteiger charge is 2.37. The summed E-state index contributed by atoms with van der Waals surface area (Å²) in [6, 6.07) is 15.3. The van der Waals surface area contributed by atoms with E-state index < -0.39 is 0 Å². The first-order valence-electron chi connectivity index (χ1n) is 11.2. The molecule has 32 heavy (non-hydrogen) atoms. The molecule has 2 aromatic carbocycles. The Morgan fingerprint density at radius 1 is 1.00 bits per heavy atom. The predicted molar refractivity (Wildman–Crippen MR) is 128 cm³/mol. The molecule has 5 nitrogen and oxygen atoms in total. The van der Waals surface area contributed by atoms with Gasteiger partial charge in [0.15, 0.2) is 0 Å². The van der Waals surface area contributed by atoms with Crippen LogP contribution < -0.4 is 14.8 Å². The number of hydrogen-bond donors (Lipinski definition) is 1. The number of urea groups is 1. The van der Waals surface area contributed by atoms with Gasteiger partial charge in [0, 0.05) is 33.6 Å². The van der Waals surface area contributed by atoms with Gasteiger partial charge in [-0.25, -0.2) is 4.79 Å². The second kappa shape index (κ2) is 8.87. The van der Waals surface area contributed by atoms with Crippen LogP contribution in [0.25, 0.3) is 0 Å². The van der Waals surface area contributed by atoms with Crippen LogP contribution in [0.4, 0.5) is 10.5 Å². The Balaban J connectivity index is 1.55. The zero-order valence-corrected chi connectivity index (χ0v) is 19.3. The van der Waals surface area contributed by atoms with Gasteiger partial charge in [-0.3, -0.25) is 0 Å². The number of aryl methyl sites for hydroxylation is 1. The van der Waals surface area contributed by atoms with Crippen molar-refractivity contribution in [3.05, 3.63) is 75.0 Å². The van der Waals surface area contributed by atoms with Gasteiger partial charge in [0.25, 0.3) is 0 Å². The third-order valence-corrected chi connectivity index (χ3v) is 7.88. The topological polar surface area (TPSA) is 50.8 Å². The number of anilines is 1. The average molecular weight is 449 g/mol. The van der Waals surface area contributed by atoms with E-state index in [0.717, 1.165) is 42.0 Å². The van der Waals surface area contributed by atoms with Gasteiger partial charge in [0.1, 0.15) is 11.5 Å². The molecule has 1 aromatic heterocycles. The van der Waals surface area contributed by atoms with E-state index in [1.54, 1.807) is 19.8 Å². The number of carbonyl (C=O) groups excluding carboxylic acids is 1. The molecule has 5 rings (SSSR count). The lowest BCUT2D eigenvalue weighted by molar-refractivity contribution is 0.194. The SMILES string of the molecule is COc1cccc(NC(=O)N2CCc3c(sc4c3CCCC4)C2c2ccccc2OC)c1. The van der Waals surface area contributed by atoms with E-state index >= 15 is 0 Å². The number of rotatable bonds is 4. The first-order chi connectivity index (χ1) is 15.7. The quantitative estimate of drug-likeness (QED) is 0.547. The summed E-state index contributed by atoms with van der Waals surface area (Å²) < 4.78 is 11.0. The van der Waals surface area contributed by atoms with Gasteiger partial charge >= 0.3 is 6.03 Å². The highest BCUT2D eigenvalue weighted by Crippen LogP contribution is 2.46. The standard InChI is InChI=1S/C26H28N2O3S/c1-30-18-9-7-8-17(16-18)27-26(29)28-15-14-20-19-10-4-6-13-23(19)32-25(20)24(28)21-11-3-5-12-22(21)31-2/h3,5,7-9,11-12,16,24H,4,6,10,13-15H2,1-2H3,(H,27,29). The summed E-state index contributed by atoms with van der Waals surface area (Å²) in [5.74, 6) is 1.53. The minimum atomic E-state index is -0.156. The Morgan fingerprint density at radius 2 is 1.84 bits per heavy atom. The maximum absolute atomic E-state index is 13.5. The fraction of sp³-hybridized carbons (Fsp3) is 0.346. The van der Waals surface area contributed by atoms with Gasteiger partial charge in [0.2, 0.25) is 0 Å². The number of carbonyl (C=O) groups is 1. The molecule has 2 heterocycles. The Morgan fingerprint density at radius 3 is 2.69 bits per heavy atom. The minimum Gasteiger partial charge on any atom is -0.497 e. The average Bonchev–Trinajstić information content (AvgIpc) is 3.22. The van der Waals surface area contributed by atoms with Crippen LogP contribution in [0, 0.1) is 0 Å². The zero-order chi connectivity index (χ0) is 22.1. The van der Waals surface area contributed by atoms with Crippen LogP contribution in [-0.2, 0) is 19.3 Å². The van der Waals surface area contributed by atoms with Gasteiger partial charge in [-0.1, -0.05) is 24.3 Å². The number of fused-ring (bicyclic) bond motifs is 3. The van der Waals surface area contributed by atoms with E-state index in [0.29, 0.717) is 6.54 Å². The van der Waals surface area contributed by atoms with Gasteiger partial charge in [-0.15, -0.1) is 11.3 Å². The second-order valence-corrected chi connectivity index (χ2v) is 9.44. The molecule has 1 N–H and O–H groups in total. The Kier molecular flexibility index (Phi) is 5.79. The number of amides is 2. The lowest BCUT2D eigenvalue weighted by Gasteiger charge is -2.37. The van der Waals surface area contributed by atoms with Crippen LogP contribution in [0.1, 0.15) is 45.3 Å². The van der Waals surface area contributed by atoms with Crippen molar-refractivity contribution in [2.45, 2.75) is 38.1 Å². The number of thiophene rings is 1. The lowest BCUT2D eigenvalue weighted by atomic mass is 9.88. The number of hydrogen-bond acceptors (Lipinski definition) is 4. The van der Waals surface area contributed by atoms with Crippen LogP contribution in [0.15, 0.2) is 48.5 Å². The maximum atomic E-state index is 13.5. The largest absolute Gasteiger partial charge is 0.497 e. The highest BCUT2D eigenvalue weighted by atomic mass is 32.1. The molecule has 0 radical (unpaired) electrons. The lowest BCUT2D eigenvalue weighted by Crippen LogP contribution is -2.42. The van der Waals surface area contributed by atoms with Crippen molar-refractivity contribution in [3.63, 3.8) is 0 Å². The van der Waals surface area contributed by atoms with Crippen molar-refractivity contribution in [2.75, 3.05) is 26.1 Å². The molecular weight excluding hydrogens is 420 g/mol. The monoisotopic (exact) mass is 448 g/mol. The number of nitrogens with one attached hydrogen (secondary N) is 1. The fourth-order valence-corrected chi connectivity index (χ4v) is 6.54. The van der Waals surface area contributed by atoms with E-state index in [2.05, 4.69) is 11.4 Å². The Hall–Kier alpha value is -2.99. The normalized spacial score (nSPS) is 17.3. The van der Waals surface area contributed by atoms with Crippen LogP contribution in [0.2, 0.25) is 0 Å². The number of nitrogens with zero attached hydrogens (tertiary/aromatic N) is 1. The van der Waals surface area contributed by atoms with E-state index in [1.807, 2.05) is 58.7 Å². The summed E-state index contributed by atoms with van der Waals surface area (Å²) >= 11 is 1.90. The molecule has 2 aliphatic rings. The van der Waals surface area contributed by atoms with E-state index in [9.17, 15) is 4.79 Å². The van der Waals surface area contributed by atoms with Gasteiger partial charge in [-0.2, -0.15) is 0 Å². The molecule has 2 amide bonds. The zero-order valence-electron chi connectivity index (χ0n) is 18.5. The number of para-hydroxylation sites is 1. The molecule has 0 saturated carbocycles. The molecule has 166 valence electrons. The third kappa shape index (κ3) is 3.73. The highest BCUT2D eigenvalue weighted by molar-refractivity contribution is 7.12. The fourth-order valence-electron chi connectivity index (χ4n) is 4.97. The molecule has 1 atom stereocenters. The molecule has 0 saturated heterocycles. The van der Waals surface area contributed by atoms with Crippen LogP contribution in [-0.4, -0.2) is 31.7 Å². The maximum Gasteiger partial charge on any atom is 0.322 e. The summed E-state index contributed by atoms with van der Waals surface area (Å²) in [6.07, 6.45) is 5.73. The predicted octanol–water partition coefficient (Wildman–Crippen LogP) is 5.82. The summed E-state index contributed by atoms with van der Waals surface area (Å²) in [7, 11) is 3.33. The summed E-state index contributed by atoms with van der Waals surface area (Å²) in [5.41, 5.74) is 4.77. The minimum absolute atomic E-state index is 0.105. The van der Waals surface area contributed by atoms with E-state index in [-0.39, 0.29) is 12.1 Å². The van der Waals surface area contributed by atoms with Crippen molar-refractivity contribution >= 4 is 23.1 Å². The molecule has 6 heteroatoms. The Bertz CT molecular complexity index is 1140. The molecule has 0 fully saturated rings. The van der Waals surface area contributed by atoms with Crippen LogP contribution in [0.5, 0.6) is 11.5 Å². The van der Waals surface area contributed by atoms with Gasteiger partial charge < -0.3 is 19.7 Å². The summed E-state index contributed by atoms with van der Waals surface area (Å²) in [6.45, 7) is 0.675. The van der Waals surface area contributed by atoms with Gasteiger partial charge in [0.05, 0.1) is 20.3 Å². The number of ether oxygens (including phenoxy) is 2. The van der Waals surface area contributed by atoms with Crippen LogP contribution in [0.3, 0.4) is 0 Å². The smallest absolute Gasteiger partial charge is 0.322 e. The van der Waals surface area contributed by atoms with Gasteiger partial charge in [-0.05, 0) is 61.4 Å². The first-order valence-corrected chi connectivity index (χ1v) is 12.0. The number of benzene rings is 2. The molecule has 1 unspecified atom stereocenters. The summed E-state index contributed by atoms with van der Waals surface area (Å²) in [4.78, 5) is 18.3. The molecule has 1 aliphatic carbocycles. The van der Waals surface area contributed by atoms with Crippen molar-refractivity contribution in [3.8, 4) is 11.5 Å². The number of methoxy groups -OCH3 is 2. The molecule has 0 bridgehead atoms. The van der Waals surface area contributed by atoms with Crippen molar-refractivity contribution in [1.82, 2.24) is 4.90 Å². The van der Waals surface area contributed by atoms with Crippen LogP contribution >= 0.6 is 11.3 Å². The Labute approximate surface area is 193 Å². The second-order valence-electron chi connectivity index (χ2n) is 8.30.